The summed E-state index contributed by atoms with van der Waals surface area (Å²) in [5, 5.41) is 0. The summed E-state index contributed by atoms with van der Waals surface area (Å²) in [5.74, 6) is 1.53. The zero-order valence-electron chi connectivity index (χ0n) is 10.7. The van der Waals surface area contributed by atoms with Gasteiger partial charge in [0.2, 0.25) is 0 Å². The summed E-state index contributed by atoms with van der Waals surface area (Å²) in [7, 11) is 3.30. The van der Waals surface area contributed by atoms with Crippen LogP contribution >= 0.6 is 15.9 Å². The lowest BCUT2D eigenvalue weighted by atomic mass is 10.0. The van der Waals surface area contributed by atoms with Crippen LogP contribution in [0.3, 0.4) is 0 Å². The van der Waals surface area contributed by atoms with Crippen molar-refractivity contribution < 1.29 is 9.47 Å². The first kappa shape index (κ1) is 14.3. The average molecular weight is 302 g/mol. The second-order valence-corrected chi connectivity index (χ2v) is 4.75. The van der Waals surface area contributed by atoms with Crippen molar-refractivity contribution in [2.75, 3.05) is 20.8 Å². The van der Waals surface area contributed by atoms with Gasteiger partial charge >= 0.3 is 0 Å². The van der Waals surface area contributed by atoms with E-state index in [1.54, 1.807) is 14.2 Å². The molecule has 0 aliphatic heterocycles. The molecule has 1 rings (SSSR count). The van der Waals surface area contributed by atoms with E-state index in [-0.39, 0.29) is 0 Å². The van der Waals surface area contributed by atoms with Crippen LogP contribution in [0.25, 0.3) is 0 Å². The van der Waals surface area contributed by atoms with E-state index in [2.05, 4.69) is 28.9 Å². The summed E-state index contributed by atoms with van der Waals surface area (Å²) in [6, 6.07) is 2.05. The molecule has 17 heavy (non-hydrogen) atoms. The summed E-state index contributed by atoms with van der Waals surface area (Å²) < 4.78 is 11.7. The zero-order chi connectivity index (χ0) is 12.8. The fourth-order valence-electron chi connectivity index (χ4n) is 1.81. The maximum Gasteiger partial charge on any atom is 0.175 e. The first-order valence-corrected chi connectivity index (χ1v) is 6.55. The first-order valence-electron chi connectivity index (χ1n) is 5.75. The third kappa shape index (κ3) is 3.36. The lowest BCUT2D eigenvalue weighted by Gasteiger charge is -2.15. The molecule has 1 aromatic carbocycles. The van der Waals surface area contributed by atoms with Gasteiger partial charge in [-0.1, -0.05) is 0 Å². The summed E-state index contributed by atoms with van der Waals surface area (Å²) in [6.07, 6.45) is 3.16. The van der Waals surface area contributed by atoms with E-state index in [0.717, 1.165) is 41.8 Å². The van der Waals surface area contributed by atoms with Crippen LogP contribution in [0.15, 0.2) is 10.5 Å². The Hall–Kier alpha value is -0.740. The number of hydrogen-bond donors (Lipinski definition) is 1. The minimum absolute atomic E-state index is 0.744. The molecule has 0 aliphatic carbocycles. The topological polar surface area (TPSA) is 44.5 Å². The molecule has 0 bridgehead atoms. The monoisotopic (exact) mass is 301 g/mol. The molecule has 1 aromatic rings. The molecule has 96 valence electrons. The maximum absolute atomic E-state index is 5.51. The lowest BCUT2D eigenvalue weighted by molar-refractivity contribution is 0.352. The number of unbranched alkanes of at least 4 members (excludes halogenated alkanes) is 1. The fourth-order valence-corrected chi connectivity index (χ4v) is 2.42. The third-order valence-electron chi connectivity index (χ3n) is 2.86. The van der Waals surface area contributed by atoms with Crippen molar-refractivity contribution in [3.63, 3.8) is 0 Å². The van der Waals surface area contributed by atoms with E-state index < -0.39 is 0 Å². The molecule has 0 radical (unpaired) electrons. The van der Waals surface area contributed by atoms with Crippen LogP contribution in [0.4, 0.5) is 0 Å². The maximum atomic E-state index is 5.51. The van der Waals surface area contributed by atoms with Gasteiger partial charge in [0.15, 0.2) is 11.5 Å². The van der Waals surface area contributed by atoms with Crippen LogP contribution in [0.1, 0.15) is 24.0 Å². The number of ether oxygens (including phenoxy) is 2. The molecule has 2 N–H and O–H groups in total. The fraction of sp³-hybridized carbons (Fsp3) is 0.538. The molecular formula is C13H20BrNO2. The van der Waals surface area contributed by atoms with Crippen LogP contribution in [-0.4, -0.2) is 20.8 Å². The van der Waals surface area contributed by atoms with Gasteiger partial charge in [0.25, 0.3) is 0 Å². The van der Waals surface area contributed by atoms with Gasteiger partial charge in [-0.15, -0.1) is 0 Å². The summed E-state index contributed by atoms with van der Waals surface area (Å²) in [4.78, 5) is 0. The minimum atomic E-state index is 0.744. The van der Waals surface area contributed by atoms with Gasteiger partial charge in [0.05, 0.1) is 18.7 Å². The molecule has 0 saturated heterocycles. The van der Waals surface area contributed by atoms with Crippen molar-refractivity contribution >= 4 is 15.9 Å². The molecular weight excluding hydrogens is 282 g/mol. The van der Waals surface area contributed by atoms with E-state index in [1.807, 2.05) is 0 Å². The van der Waals surface area contributed by atoms with Crippen molar-refractivity contribution in [3.05, 3.63) is 21.7 Å². The molecule has 0 aliphatic rings. The Kier molecular flexibility index (Phi) is 5.78. The average Bonchev–Trinajstić information content (AvgIpc) is 2.34. The molecule has 4 heteroatoms. The number of hydrogen-bond acceptors (Lipinski definition) is 3. The predicted octanol–water partition coefficient (Wildman–Crippen LogP) is 3.06. The Morgan fingerprint density at radius 2 is 1.94 bits per heavy atom. The molecule has 0 fully saturated rings. The third-order valence-corrected chi connectivity index (χ3v) is 3.82. The normalized spacial score (nSPS) is 10.4. The van der Waals surface area contributed by atoms with Crippen molar-refractivity contribution in [2.24, 2.45) is 5.73 Å². The molecule has 0 saturated carbocycles. The molecule has 3 nitrogen and oxygen atoms in total. The first-order chi connectivity index (χ1) is 8.15. The Labute approximate surface area is 111 Å². The highest BCUT2D eigenvalue weighted by Crippen LogP contribution is 2.39. The Morgan fingerprint density at radius 1 is 1.24 bits per heavy atom. The number of rotatable bonds is 6. The predicted molar refractivity (Wildman–Crippen MR) is 74.0 cm³/mol. The quantitative estimate of drug-likeness (QED) is 0.821. The number of aryl methyl sites for hydroxylation is 1. The van der Waals surface area contributed by atoms with Crippen molar-refractivity contribution in [3.8, 4) is 11.5 Å². The Balaban J connectivity index is 3.02. The van der Waals surface area contributed by atoms with E-state index in [9.17, 15) is 0 Å². The van der Waals surface area contributed by atoms with Gasteiger partial charge in [0.1, 0.15) is 0 Å². The lowest BCUT2D eigenvalue weighted by Crippen LogP contribution is -2.01. The number of halogens is 1. The second-order valence-electron chi connectivity index (χ2n) is 3.96. The van der Waals surface area contributed by atoms with Crippen LogP contribution in [0.5, 0.6) is 11.5 Å². The molecule has 0 spiro atoms. The molecule has 0 heterocycles. The van der Waals surface area contributed by atoms with Crippen LogP contribution in [0.2, 0.25) is 0 Å². The summed E-state index contributed by atoms with van der Waals surface area (Å²) in [5.41, 5.74) is 8.00. The van der Waals surface area contributed by atoms with Crippen LogP contribution < -0.4 is 15.2 Å². The number of nitrogens with two attached hydrogens (primary N) is 1. The Morgan fingerprint density at radius 3 is 2.47 bits per heavy atom. The van der Waals surface area contributed by atoms with Gasteiger partial charge in [-0.05, 0) is 65.9 Å². The molecule has 0 unspecified atom stereocenters. The van der Waals surface area contributed by atoms with E-state index in [4.69, 9.17) is 15.2 Å². The summed E-state index contributed by atoms with van der Waals surface area (Å²) >= 11 is 3.56. The van der Waals surface area contributed by atoms with Crippen molar-refractivity contribution in [1.82, 2.24) is 0 Å². The second kappa shape index (κ2) is 6.87. The molecule has 0 aromatic heterocycles. The van der Waals surface area contributed by atoms with E-state index in [1.165, 1.54) is 11.1 Å². The Bertz CT molecular complexity index is 380. The SMILES string of the molecule is COc1cc(CCCCN)c(C)c(Br)c1OC. The van der Waals surface area contributed by atoms with Crippen LogP contribution in [-0.2, 0) is 6.42 Å². The highest BCUT2D eigenvalue weighted by atomic mass is 79.9. The van der Waals surface area contributed by atoms with E-state index in [0.29, 0.717) is 0 Å². The van der Waals surface area contributed by atoms with Crippen molar-refractivity contribution in [2.45, 2.75) is 26.2 Å². The highest BCUT2D eigenvalue weighted by Gasteiger charge is 2.14. The molecule has 0 atom stereocenters. The minimum Gasteiger partial charge on any atom is -0.493 e. The molecule has 0 amide bonds. The van der Waals surface area contributed by atoms with Gasteiger partial charge in [-0.25, -0.2) is 0 Å². The van der Waals surface area contributed by atoms with Gasteiger partial charge in [-0.2, -0.15) is 0 Å². The van der Waals surface area contributed by atoms with Crippen molar-refractivity contribution in [1.29, 1.82) is 0 Å². The van der Waals surface area contributed by atoms with E-state index >= 15 is 0 Å². The van der Waals surface area contributed by atoms with Gasteiger partial charge in [0, 0.05) is 0 Å². The summed E-state index contributed by atoms with van der Waals surface area (Å²) in [6.45, 7) is 2.83. The zero-order valence-corrected chi connectivity index (χ0v) is 12.3. The highest BCUT2D eigenvalue weighted by molar-refractivity contribution is 9.10. The largest absolute Gasteiger partial charge is 0.493 e. The van der Waals surface area contributed by atoms with Crippen LogP contribution in [0, 0.1) is 6.92 Å². The smallest absolute Gasteiger partial charge is 0.175 e. The van der Waals surface area contributed by atoms with Gasteiger partial charge in [-0.3, -0.25) is 0 Å². The standard InChI is InChI=1S/C13H20BrNO2/c1-9-10(6-4-5-7-15)8-11(16-2)13(17-3)12(9)14/h8H,4-7,15H2,1-3H3. The number of benzene rings is 1. The number of methoxy groups -OCH3 is 2. The van der Waals surface area contributed by atoms with Gasteiger partial charge < -0.3 is 15.2 Å².